The van der Waals surface area contributed by atoms with E-state index in [1.54, 1.807) is 12.4 Å². The Morgan fingerprint density at radius 2 is 1.97 bits per heavy atom. The Kier molecular flexibility index (Phi) is 5.74. The second kappa shape index (κ2) is 8.99. The van der Waals surface area contributed by atoms with Crippen molar-refractivity contribution in [3.8, 4) is 16.3 Å². The van der Waals surface area contributed by atoms with E-state index in [1.165, 1.54) is 11.3 Å². The van der Waals surface area contributed by atoms with Crippen molar-refractivity contribution in [2.75, 3.05) is 43.4 Å². The molecule has 5 rings (SSSR count). The molecule has 9 nitrogen and oxygen atoms in total. The molecule has 33 heavy (non-hydrogen) atoms. The van der Waals surface area contributed by atoms with Gasteiger partial charge in [0.05, 0.1) is 0 Å². The minimum absolute atomic E-state index is 0.0225. The second-order valence-corrected chi connectivity index (χ2v) is 8.77. The number of fused-ring (bicyclic) bond motifs is 1. The average molecular weight is 462 g/mol. The highest BCUT2D eigenvalue weighted by Gasteiger charge is 2.25. The number of carbonyl (C=O) groups excluding carboxylic acids is 1. The fourth-order valence-electron chi connectivity index (χ4n) is 3.77. The molecule has 1 aliphatic rings. The largest absolute Gasteiger partial charge is 0.484 e. The van der Waals surface area contributed by atoms with Gasteiger partial charge in [-0.3, -0.25) is 9.78 Å². The van der Waals surface area contributed by atoms with Crippen LogP contribution in [0, 0.1) is 6.92 Å². The van der Waals surface area contributed by atoms with Gasteiger partial charge in [0.1, 0.15) is 16.3 Å². The summed E-state index contributed by atoms with van der Waals surface area (Å²) in [5, 5.41) is 0.821. The van der Waals surface area contributed by atoms with Gasteiger partial charge in [-0.2, -0.15) is 4.98 Å². The maximum absolute atomic E-state index is 12.6. The predicted octanol–water partition coefficient (Wildman–Crippen LogP) is 2.77. The third kappa shape index (κ3) is 4.56. The maximum atomic E-state index is 12.6. The van der Waals surface area contributed by atoms with E-state index in [0.717, 1.165) is 26.5 Å². The zero-order chi connectivity index (χ0) is 22.8. The molecule has 3 aromatic heterocycles. The van der Waals surface area contributed by atoms with Crippen LogP contribution in [0.3, 0.4) is 0 Å². The Morgan fingerprint density at radius 3 is 2.73 bits per heavy atom. The standard InChI is InChI=1S/C23H23N7O2S/c1-15-4-2-6-17(12-15)32-14-18(31)29-8-10-30(11-9-29)20-19-22(28-23(24)27-20)33-21(26-19)16-5-3-7-25-13-16/h2-7,12-13H,8-11,14H2,1H3,(H2,24,27,28). The van der Waals surface area contributed by atoms with E-state index in [1.807, 2.05) is 48.2 Å². The van der Waals surface area contributed by atoms with E-state index in [9.17, 15) is 4.79 Å². The van der Waals surface area contributed by atoms with Crippen LogP contribution in [0.25, 0.3) is 20.9 Å². The smallest absolute Gasteiger partial charge is 0.260 e. The van der Waals surface area contributed by atoms with Crippen LogP contribution in [0.5, 0.6) is 5.75 Å². The number of pyridine rings is 1. The number of hydrogen-bond donors (Lipinski definition) is 1. The van der Waals surface area contributed by atoms with Crippen LogP contribution in [0.1, 0.15) is 5.56 Å². The quantitative estimate of drug-likeness (QED) is 0.483. The number of ether oxygens (including phenoxy) is 1. The average Bonchev–Trinajstić information content (AvgIpc) is 3.27. The molecular weight excluding hydrogens is 438 g/mol. The molecule has 1 fully saturated rings. The molecule has 168 valence electrons. The van der Waals surface area contributed by atoms with Crippen molar-refractivity contribution in [2.45, 2.75) is 6.92 Å². The number of nitrogen functional groups attached to an aromatic ring is 1. The SMILES string of the molecule is Cc1cccc(OCC(=O)N2CCN(c3nc(N)nc4sc(-c5cccnc5)nc34)CC2)c1. The normalized spacial score (nSPS) is 14.0. The van der Waals surface area contributed by atoms with Gasteiger partial charge >= 0.3 is 0 Å². The molecule has 4 aromatic rings. The molecule has 0 bridgehead atoms. The molecule has 1 amide bonds. The Labute approximate surface area is 194 Å². The van der Waals surface area contributed by atoms with Gasteiger partial charge in [0, 0.05) is 44.1 Å². The maximum Gasteiger partial charge on any atom is 0.260 e. The molecule has 2 N–H and O–H groups in total. The van der Waals surface area contributed by atoms with E-state index in [0.29, 0.717) is 37.7 Å². The zero-order valence-electron chi connectivity index (χ0n) is 18.1. The molecule has 0 aliphatic carbocycles. The van der Waals surface area contributed by atoms with Gasteiger partial charge in [0.2, 0.25) is 5.95 Å². The Morgan fingerprint density at radius 1 is 1.12 bits per heavy atom. The van der Waals surface area contributed by atoms with E-state index < -0.39 is 0 Å². The van der Waals surface area contributed by atoms with Crippen molar-refractivity contribution in [1.29, 1.82) is 0 Å². The van der Waals surface area contributed by atoms with Crippen LogP contribution < -0.4 is 15.4 Å². The summed E-state index contributed by atoms with van der Waals surface area (Å²) in [6.07, 6.45) is 3.50. The van der Waals surface area contributed by atoms with Crippen LogP contribution in [-0.4, -0.2) is 63.5 Å². The lowest BCUT2D eigenvalue weighted by molar-refractivity contribution is -0.133. The van der Waals surface area contributed by atoms with Gasteiger partial charge in [-0.25, -0.2) is 9.97 Å². The van der Waals surface area contributed by atoms with Crippen LogP contribution in [0.2, 0.25) is 0 Å². The first kappa shape index (κ1) is 21.1. The topological polar surface area (TPSA) is 110 Å². The molecule has 1 saturated heterocycles. The van der Waals surface area contributed by atoms with Gasteiger partial charge in [0.25, 0.3) is 5.91 Å². The van der Waals surface area contributed by atoms with Crippen LogP contribution in [0.15, 0.2) is 48.8 Å². The number of aromatic nitrogens is 4. The minimum Gasteiger partial charge on any atom is -0.484 e. The van der Waals surface area contributed by atoms with Gasteiger partial charge in [-0.15, -0.1) is 0 Å². The number of rotatable bonds is 5. The third-order valence-electron chi connectivity index (χ3n) is 5.45. The van der Waals surface area contributed by atoms with Gasteiger partial charge < -0.3 is 20.3 Å². The van der Waals surface area contributed by atoms with Crippen LogP contribution >= 0.6 is 11.3 Å². The van der Waals surface area contributed by atoms with Crippen molar-refractivity contribution in [2.24, 2.45) is 0 Å². The highest BCUT2D eigenvalue weighted by Crippen LogP contribution is 2.33. The molecule has 1 aliphatic heterocycles. The predicted molar refractivity (Wildman–Crippen MR) is 128 cm³/mol. The number of amides is 1. The number of nitrogens with zero attached hydrogens (tertiary/aromatic N) is 6. The molecule has 0 atom stereocenters. The Bertz CT molecular complexity index is 1290. The summed E-state index contributed by atoms with van der Waals surface area (Å²) >= 11 is 1.46. The summed E-state index contributed by atoms with van der Waals surface area (Å²) in [5.41, 5.74) is 8.74. The lowest BCUT2D eigenvalue weighted by Gasteiger charge is -2.35. The molecule has 4 heterocycles. The zero-order valence-corrected chi connectivity index (χ0v) is 19.0. The summed E-state index contributed by atoms with van der Waals surface area (Å²) in [6.45, 7) is 4.41. The first-order valence-corrected chi connectivity index (χ1v) is 11.4. The highest BCUT2D eigenvalue weighted by atomic mass is 32.1. The summed E-state index contributed by atoms with van der Waals surface area (Å²) in [5.74, 6) is 1.58. The lowest BCUT2D eigenvalue weighted by atomic mass is 10.2. The number of thiazole rings is 1. The number of anilines is 2. The summed E-state index contributed by atoms with van der Waals surface area (Å²) in [6, 6.07) is 11.5. The van der Waals surface area contributed by atoms with Gasteiger partial charge in [-0.05, 0) is 36.8 Å². The number of hydrogen-bond acceptors (Lipinski definition) is 9. The molecule has 1 aromatic carbocycles. The monoisotopic (exact) mass is 461 g/mol. The van der Waals surface area contributed by atoms with Crippen LogP contribution in [-0.2, 0) is 4.79 Å². The molecular formula is C23H23N7O2S. The molecule has 0 spiro atoms. The number of benzene rings is 1. The first-order valence-electron chi connectivity index (χ1n) is 10.6. The van der Waals surface area contributed by atoms with Crippen molar-refractivity contribution >= 4 is 39.4 Å². The summed E-state index contributed by atoms with van der Waals surface area (Å²) in [4.78, 5) is 35.1. The fraction of sp³-hybridized carbons (Fsp3) is 0.261. The Hall–Kier alpha value is -3.79. The second-order valence-electron chi connectivity index (χ2n) is 7.79. The van der Waals surface area contributed by atoms with E-state index in [-0.39, 0.29) is 18.5 Å². The van der Waals surface area contributed by atoms with Crippen LogP contribution in [0.4, 0.5) is 11.8 Å². The molecule has 0 radical (unpaired) electrons. The number of carbonyl (C=O) groups is 1. The fourth-order valence-corrected chi connectivity index (χ4v) is 4.70. The van der Waals surface area contributed by atoms with Crippen molar-refractivity contribution in [1.82, 2.24) is 24.8 Å². The van der Waals surface area contributed by atoms with Gasteiger partial charge in [0.15, 0.2) is 17.3 Å². The summed E-state index contributed by atoms with van der Waals surface area (Å²) < 4.78 is 5.68. The van der Waals surface area contributed by atoms with Crippen molar-refractivity contribution in [3.63, 3.8) is 0 Å². The highest BCUT2D eigenvalue weighted by molar-refractivity contribution is 7.21. The molecule has 0 unspecified atom stereocenters. The van der Waals surface area contributed by atoms with E-state index in [4.69, 9.17) is 15.5 Å². The summed E-state index contributed by atoms with van der Waals surface area (Å²) in [7, 11) is 0. The van der Waals surface area contributed by atoms with Crippen molar-refractivity contribution < 1.29 is 9.53 Å². The minimum atomic E-state index is -0.0315. The number of aryl methyl sites for hydroxylation is 1. The molecule has 0 saturated carbocycles. The van der Waals surface area contributed by atoms with Crippen molar-refractivity contribution in [3.05, 3.63) is 54.4 Å². The first-order chi connectivity index (χ1) is 16.1. The lowest BCUT2D eigenvalue weighted by Crippen LogP contribution is -2.50. The number of nitrogens with two attached hydrogens (primary N) is 1. The van der Waals surface area contributed by atoms with E-state index in [2.05, 4.69) is 19.9 Å². The van der Waals surface area contributed by atoms with Gasteiger partial charge in [-0.1, -0.05) is 23.5 Å². The Balaban J connectivity index is 1.28. The number of piperazine rings is 1. The molecule has 10 heteroatoms. The van der Waals surface area contributed by atoms with E-state index >= 15 is 0 Å². The third-order valence-corrected chi connectivity index (χ3v) is 6.45.